The zero-order chi connectivity index (χ0) is 19.9. The number of rotatable bonds is 6. The number of nitrogens with one attached hydrogen (secondary N) is 2. The number of hydrogen-bond acceptors (Lipinski definition) is 6. The van der Waals surface area contributed by atoms with E-state index in [-0.39, 0.29) is 12.1 Å². The van der Waals surface area contributed by atoms with E-state index in [1.807, 2.05) is 0 Å². The number of nitrogens with zero attached hydrogens (tertiary/aromatic N) is 3. The molecule has 0 fully saturated rings. The number of carbonyl (C=O) groups excluding carboxylic acids is 1. The minimum atomic E-state index is -0.780. The summed E-state index contributed by atoms with van der Waals surface area (Å²) in [4.78, 5) is 42.0. The number of H-pyrrole nitrogens is 1. The highest BCUT2D eigenvalue weighted by Crippen LogP contribution is 2.21. The molecular weight excluding hydrogens is 362 g/mol. The van der Waals surface area contributed by atoms with Crippen molar-refractivity contribution in [2.75, 3.05) is 0 Å². The van der Waals surface area contributed by atoms with Crippen LogP contribution < -0.4 is 16.7 Å². The topological polar surface area (TPSA) is 129 Å². The van der Waals surface area contributed by atoms with E-state index in [0.29, 0.717) is 12.0 Å². The standard InChI is InChI=1S/C19H21N5O4/c25-16(14-6-9-20-10-7-14)23-21-12-15-17(26)22-19(28)24(18(15)27)11-8-13-4-2-1-3-5-13/h4,6-7,9-10,12,27H,1-3,5,8,11H2,(H,23,25)(H,22,26,28)/b21-12+. The van der Waals surface area contributed by atoms with Crippen LogP contribution in [0.25, 0.3) is 0 Å². The second-order valence-corrected chi connectivity index (χ2v) is 6.44. The Kier molecular flexibility index (Phi) is 6.15. The summed E-state index contributed by atoms with van der Waals surface area (Å²) < 4.78 is 1.10. The first-order valence-corrected chi connectivity index (χ1v) is 9.03. The van der Waals surface area contributed by atoms with E-state index in [1.165, 1.54) is 36.5 Å². The number of aromatic amines is 1. The van der Waals surface area contributed by atoms with E-state index in [0.717, 1.165) is 30.0 Å². The highest BCUT2D eigenvalue weighted by Gasteiger charge is 2.14. The van der Waals surface area contributed by atoms with Gasteiger partial charge < -0.3 is 5.11 Å². The molecule has 146 valence electrons. The predicted molar refractivity (Wildman–Crippen MR) is 103 cm³/mol. The highest BCUT2D eigenvalue weighted by atomic mass is 16.3. The zero-order valence-corrected chi connectivity index (χ0v) is 15.2. The van der Waals surface area contributed by atoms with Crippen molar-refractivity contribution >= 4 is 12.1 Å². The van der Waals surface area contributed by atoms with Crippen molar-refractivity contribution in [1.29, 1.82) is 0 Å². The minimum absolute atomic E-state index is 0.202. The maximum Gasteiger partial charge on any atom is 0.331 e. The number of carbonyl (C=O) groups is 1. The Morgan fingerprint density at radius 1 is 1.32 bits per heavy atom. The van der Waals surface area contributed by atoms with Crippen LogP contribution in [0.2, 0.25) is 0 Å². The summed E-state index contributed by atoms with van der Waals surface area (Å²) in [5, 5.41) is 14.1. The van der Waals surface area contributed by atoms with Gasteiger partial charge in [-0.2, -0.15) is 5.10 Å². The molecule has 3 N–H and O–H groups in total. The molecular formula is C19H21N5O4. The van der Waals surface area contributed by atoms with Gasteiger partial charge in [0.05, 0.1) is 6.21 Å². The number of hydrazone groups is 1. The summed E-state index contributed by atoms with van der Waals surface area (Å²) in [5.74, 6) is -0.973. The smallest absolute Gasteiger partial charge is 0.331 e. The van der Waals surface area contributed by atoms with E-state index >= 15 is 0 Å². The largest absolute Gasteiger partial charge is 0.494 e. The van der Waals surface area contributed by atoms with E-state index in [2.05, 4.69) is 26.6 Å². The molecule has 0 saturated heterocycles. The lowest BCUT2D eigenvalue weighted by atomic mass is 9.97. The Balaban J connectivity index is 1.75. The van der Waals surface area contributed by atoms with Crippen molar-refractivity contribution in [2.24, 2.45) is 5.10 Å². The van der Waals surface area contributed by atoms with Crippen molar-refractivity contribution < 1.29 is 9.90 Å². The van der Waals surface area contributed by atoms with Gasteiger partial charge in [0.25, 0.3) is 11.5 Å². The van der Waals surface area contributed by atoms with Gasteiger partial charge in [-0.3, -0.25) is 24.1 Å². The van der Waals surface area contributed by atoms with Crippen LogP contribution in [0.4, 0.5) is 0 Å². The first-order valence-electron chi connectivity index (χ1n) is 9.03. The van der Waals surface area contributed by atoms with E-state index in [1.54, 1.807) is 0 Å². The molecule has 0 bridgehead atoms. The monoisotopic (exact) mass is 383 g/mol. The number of pyridine rings is 1. The van der Waals surface area contributed by atoms with Gasteiger partial charge in [-0.15, -0.1) is 0 Å². The molecule has 0 spiro atoms. The molecule has 2 heterocycles. The maximum atomic E-state index is 12.1. The lowest BCUT2D eigenvalue weighted by Gasteiger charge is -2.14. The van der Waals surface area contributed by atoms with Gasteiger partial charge >= 0.3 is 5.69 Å². The number of amides is 1. The summed E-state index contributed by atoms with van der Waals surface area (Å²) >= 11 is 0. The van der Waals surface area contributed by atoms with Crippen molar-refractivity contribution in [3.63, 3.8) is 0 Å². The van der Waals surface area contributed by atoms with Crippen LogP contribution in [0.15, 0.2) is 50.9 Å². The third-order valence-electron chi connectivity index (χ3n) is 4.55. The molecule has 0 radical (unpaired) electrons. The fourth-order valence-electron chi connectivity index (χ4n) is 3.01. The molecule has 0 saturated carbocycles. The number of hydrogen-bond donors (Lipinski definition) is 3. The van der Waals surface area contributed by atoms with Crippen LogP contribution in [0.1, 0.15) is 48.0 Å². The lowest BCUT2D eigenvalue weighted by molar-refractivity contribution is 0.0955. The summed E-state index contributed by atoms with van der Waals surface area (Å²) in [6, 6.07) is 3.02. The molecule has 9 nitrogen and oxygen atoms in total. The van der Waals surface area contributed by atoms with Crippen LogP contribution in [-0.2, 0) is 6.54 Å². The fraction of sp³-hybridized carbons (Fsp3) is 0.316. The van der Waals surface area contributed by atoms with Crippen LogP contribution >= 0.6 is 0 Å². The molecule has 0 aromatic carbocycles. The van der Waals surface area contributed by atoms with Gasteiger partial charge in [0.2, 0.25) is 5.88 Å². The normalized spacial score (nSPS) is 14.1. The summed E-state index contributed by atoms with van der Waals surface area (Å²) in [7, 11) is 0. The Morgan fingerprint density at radius 3 is 2.82 bits per heavy atom. The number of aromatic hydroxyl groups is 1. The van der Waals surface area contributed by atoms with Gasteiger partial charge in [-0.05, 0) is 44.2 Å². The van der Waals surface area contributed by atoms with Crippen LogP contribution in [0.5, 0.6) is 5.88 Å². The number of allylic oxidation sites excluding steroid dienone is 2. The van der Waals surface area contributed by atoms with Crippen molar-refractivity contribution in [1.82, 2.24) is 20.0 Å². The van der Waals surface area contributed by atoms with Crippen molar-refractivity contribution in [3.8, 4) is 5.88 Å². The molecule has 3 rings (SSSR count). The maximum absolute atomic E-state index is 12.1. The quantitative estimate of drug-likeness (QED) is 0.393. The van der Waals surface area contributed by atoms with Crippen molar-refractivity contribution in [2.45, 2.75) is 38.6 Å². The molecule has 1 amide bonds. The predicted octanol–water partition coefficient (Wildman–Crippen LogP) is 1.29. The van der Waals surface area contributed by atoms with Gasteiger partial charge in [0.15, 0.2) is 0 Å². The Labute approximate surface area is 160 Å². The third kappa shape index (κ3) is 4.61. The lowest BCUT2D eigenvalue weighted by Crippen LogP contribution is -2.32. The SMILES string of the molecule is O=C(N/N=C/c1c(O)n(CCC2=CCCCC2)c(=O)[nH]c1=O)c1ccncc1. The van der Waals surface area contributed by atoms with Gasteiger partial charge in [0.1, 0.15) is 5.56 Å². The van der Waals surface area contributed by atoms with Crippen molar-refractivity contribution in [3.05, 3.63) is 68.1 Å². The summed E-state index contributed by atoms with van der Waals surface area (Å²) in [5.41, 5.74) is 2.18. The van der Waals surface area contributed by atoms with Gasteiger partial charge in [-0.1, -0.05) is 11.6 Å². The third-order valence-corrected chi connectivity index (χ3v) is 4.55. The molecule has 2 aromatic rings. The molecule has 2 aromatic heterocycles. The Morgan fingerprint density at radius 2 is 2.11 bits per heavy atom. The summed E-state index contributed by atoms with van der Waals surface area (Å²) in [6.45, 7) is 0.248. The molecule has 0 aliphatic heterocycles. The average molecular weight is 383 g/mol. The first kappa shape index (κ1) is 19.3. The van der Waals surface area contributed by atoms with E-state index < -0.39 is 23.0 Å². The average Bonchev–Trinajstić information content (AvgIpc) is 2.71. The van der Waals surface area contributed by atoms with E-state index in [4.69, 9.17) is 0 Å². The molecule has 28 heavy (non-hydrogen) atoms. The molecule has 9 heteroatoms. The molecule has 1 aliphatic carbocycles. The summed E-state index contributed by atoms with van der Waals surface area (Å²) in [6.07, 6.45) is 11.0. The Bertz CT molecular complexity index is 1020. The van der Waals surface area contributed by atoms with Crippen LogP contribution in [-0.4, -0.2) is 31.8 Å². The van der Waals surface area contributed by atoms with Crippen LogP contribution in [0, 0.1) is 0 Å². The molecule has 0 unspecified atom stereocenters. The molecule has 0 atom stereocenters. The van der Waals surface area contributed by atoms with Gasteiger partial charge in [0, 0.05) is 24.5 Å². The number of aromatic nitrogens is 3. The zero-order valence-electron chi connectivity index (χ0n) is 15.2. The second-order valence-electron chi connectivity index (χ2n) is 6.44. The minimum Gasteiger partial charge on any atom is -0.494 e. The Hall–Kier alpha value is -3.49. The molecule has 1 aliphatic rings. The first-order chi connectivity index (χ1) is 13.6. The fourth-order valence-corrected chi connectivity index (χ4v) is 3.01. The van der Waals surface area contributed by atoms with E-state index in [9.17, 15) is 19.5 Å². The highest BCUT2D eigenvalue weighted by molar-refractivity contribution is 5.94. The second kappa shape index (κ2) is 8.94. The van der Waals surface area contributed by atoms with Gasteiger partial charge in [-0.25, -0.2) is 10.2 Å². The van der Waals surface area contributed by atoms with Crippen LogP contribution in [0.3, 0.4) is 0 Å².